The van der Waals surface area contributed by atoms with Crippen LogP contribution in [-0.4, -0.2) is 31.1 Å². The van der Waals surface area contributed by atoms with Crippen LogP contribution in [-0.2, 0) is 6.42 Å². The SMILES string of the molecule is CN=C(NCCCCc1nc(C)cs1)NCCC(C)C.I. The van der Waals surface area contributed by atoms with Crippen LogP contribution in [0.25, 0.3) is 0 Å². The maximum Gasteiger partial charge on any atom is 0.190 e. The van der Waals surface area contributed by atoms with Crippen molar-refractivity contribution < 1.29 is 0 Å². The second-order valence-electron chi connectivity index (χ2n) is 5.45. The van der Waals surface area contributed by atoms with E-state index < -0.39 is 0 Å². The highest BCUT2D eigenvalue weighted by atomic mass is 127. The molecule has 0 atom stereocenters. The van der Waals surface area contributed by atoms with E-state index in [1.165, 1.54) is 17.8 Å². The van der Waals surface area contributed by atoms with Crippen LogP contribution in [0.15, 0.2) is 10.4 Å². The monoisotopic (exact) mass is 424 g/mol. The number of unbranched alkanes of at least 4 members (excludes halogenated alkanes) is 1. The number of aromatic nitrogens is 1. The van der Waals surface area contributed by atoms with Crippen molar-refractivity contribution in [3.63, 3.8) is 0 Å². The maximum absolute atomic E-state index is 4.48. The largest absolute Gasteiger partial charge is 0.356 e. The molecule has 1 aromatic heterocycles. The zero-order valence-electron chi connectivity index (χ0n) is 13.6. The molecule has 2 N–H and O–H groups in total. The smallest absolute Gasteiger partial charge is 0.190 e. The van der Waals surface area contributed by atoms with E-state index in [4.69, 9.17) is 0 Å². The molecule has 1 heterocycles. The first-order valence-corrected chi connectivity index (χ1v) is 8.35. The quantitative estimate of drug-likeness (QED) is 0.290. The third-order valence-corrected chi connectivity index (χ3v) is 4.04. The highest BCUT2D eigenvalue weighted by Gasteiger charge is 2.00. The topological polar surface area (TPSA) is 49.3 Å². The number of aliphatic imine (C=N–C) groups is 1. The lowest BCUT2D eigenvalue weighted by Crippen LogP contribution is -2.38. The van der Waals surface area contributed by atoms with E-state index in [0.717, 1.165) is 43.5 Å². The highest BCUT2D eigenvalue weighted by Crippen LogP contribution is 2.11. The average Bonchev–Trinajstić information content (AvgIpc) is 2.81. The fourth-order valence-electron chi connectivity index (χ4n) is 1.83. The summed E-state index contributed by atoms with van der Waals surface area (Å²) in [6, 6.07) is 0. The van der Waals surface area contributed by atoms with Gasteiger partial charge in [-0.15, -0.1) is 35.3 Å². The van der Waals surface area contributed by atoms with E-state index >= 15 is 0 Å². The Labute approximate surface area is 150 Å². The average molecular weight is 424 g/mol. The number of thiazole rings is 1. The van der Waals surface area contributed by atoms with Gasteiger partial charge in [-0.05, 0) is 38.5 Å². The molecule has 0 fully saturated rings. The second kappa shape index (κ2) is 12.2. The van der Waals surface area contributed by atoms with E-state index in [9.17, 15) is 0 Å². The van der Waals surface area contributed by atoms with Crippen molar-refractivity contribution in [1.29, 1.82) is 0 Å². The van der Waals surface area contributed by atoms with Crippen LogP contribution >= 0.6 is 35.3 Å². The summed E-state index contributed by atoms with van der Waals surface area (Å²) in [5.41, 5.74) is 1.14. The summed E-state index contributed by atoms with van der Waals surface area (Å²) in [5.74, 6) is 1.64. The van der Waals surface area contributed by atoms with Crippen molar-refractivity contribution in [2.24, 2.45) is 10.9 Å². The van der Waals surface area contributed by atoms with Gasteiger partial charge in [0.2, 0.25) is 0 Å². The summed E-state index contributed by atoms with van der Waals surface area (Å²) in [4.78, 5) is 8.71. The Hall–Kier alpha value is -0.370. The lowest BCUT2D eigenvalue weighted by molar-refractivity contribution is 0.572. The first-order valence-electron chi connectivity index (χ1n) is 7.47. The molecular weight excluding hydrogens is 395 g/mol. The molecular formula is C15H29IN4S. The fourth-order valence-corrected chi connectivity index (χ4v) is 2.64. The summed E-state index contributed by atoms with van der Waals surface area (Å²) in [7, 11) is 1.82. The Morgan fingerprint density at radius 2 is 2.00 bits per heavy atom. The van der Waals surface area contributed by atoms with Crippen LogP contribution in [0.3, 0.4) is 0 Å². The van der Waals surface area contributed by atoms with Gasteiger partial charge in [0.05, 0.1) is 5.01 Å². The van der Waals surface area contributed by atoms with Crippen molar-refractivity contribution in [1.82, 2.24) is 15.6 Å². The zero-order chi connectivity index (χ0) is 14.8. The van der Waals surface area contributed by atoms with Gasteiger partial charge >= 0.3 is 0 Å². The molecule has 0 aromatic carbocycles. The molecule has 0 aliphatic heterocycles. The molecule has 0 amide bonds. The van der Waals surface area contributed by atoms with Crippen LogP contribution < -0.4 is 10.6 Å². The minimum absolute atomic E-state index is 0. The van der Waals surface area contributed by atoms with Crippen molar-refractivity contribution in [3.05, 3.63) is 16.1 Å². The third kappa shape index (κ3) is 10.1. The minimum Gasteiger partial charge on any atom is -0.356 e. The number of aryl methyl sites for hydroxylation is 2. The molecule has 6 heteroatoms. The number of hydrogen-bond acceptors (Lipinski definition) is 3. The Morgan fingerprint density at radius 1 is 1.29 bits per heavy atom. The van der Waals surface area contributed by atoms with Gasteiger partial charge in [-0.25, -0.2) is 4.98 Å². The number of nitrogens with zero attached hydrogens (tertiary/aromatic N) is 2. The van der Waals surface area contributed by atoms with Crippen LogP contribution in [0.5, 0.6) is 0 Å². The number of rotatable bonds is 8. The molecule has 0 saturated carbocycles. The Bertz CT molecular complexity index is 404. The molecule has 0 aliphatic rings. The number of halogens is 1. The molecule has 0 spiro atoms. The van der Waals surface area contributed by atoms with E-state index in [2.05, 4.69) is 39.8 Å². The first kappa shape index (κ1) is 20.6. The molecule has 0 radical (unpaired) electrons. The minimum atomic E-state index is 0. The van der Waals surface area contributed by atoms with Crippen molar-refractivity contribution in [2.45, 2.75) is 46.5 Å². The first-order chi connectivity index (χ1) is 9.61. The zero-order valence-corrected chi connectivity index (χ0v) is 16.8. The van der Waals surface area contributed by atoms with Gasteiger partial charge in [-0.2, -0.15) is 0 Å². The van der Waals surface area contributed by atoms with E-state index in [-0.39, 0.29) is 24.0 Å². The highest BCUT2D eigenvalue weighted by molar-refractivity contribution is 14.0. The second-order valence-corrected chi connectivity index (χ2v) is 6.39. The van der Waals surface area contributed by atoms with Gasteiger partial charge in [0.1, 0.15) is 0 Å². The summed E-state index contributed by atoms with van der Waals surface area (Å²) in [6.45, 7) is 8.46. The van der Waals surface area contributed by atoms with Gasteiger partial charge in [-0.1, -0.05) is 13.8 Å². The van der Waals surface area contributed by atoms with Gasteiger partial charge < -0.3 is 10.6 Å². The van der Waals surface area contributed by atoms with Crippen LogP contribution in [0.2, 0.25) is 0 Å². The van der Waals surface area contributed by atoms with Crippen molar-refractivity contribution in [2.75, 3.05) is 20.1 Å². The summed E-state index contributed by atoms with van der Waals surface area (Å²) >= 11 is 1.76. The number of guanidine groups is 1. The van der Waals surface area contributed by atoms with E-state index in [0.29, 0.717) is 0 Å². The van der Waals surface area contributed by atoms with Crippen molar-refractivity contribution in [3.8, 4) is 0 Å². The van der Waals surface area contributed by atoms with E-state index in [1.807, 2.05) is 14.0 Å². The fraction of sp³-hybridized carbons (Fsp3) is 0.733. The Morgan fingerprint density at radius 3 is 2.57 bits per heavy atom. The lowest BCUT2D eigenvalue weighted by Gasteiger charge is -2.12. The van der Waals surface area contributed by atoms with Gasteiger partial charge in [0.25, 0.3) is 0 Å². The predicted octanol–water partition coefficient (Wildman–Crippen LogP) is 3.60. The molecule has 0 bridgehead atoms. The van der Waals surface area contributed by atoms with Crippen LogP contribution in [0, 0.1) is 12.8 Å². The van der Waals surface area contributed by atoms with Crippen LogP contribution in [0.4, 0.5) is 0 Å². The normalized spacial score (nSPS) is 11.4. The molecule has 0 unspecified atom stereocenters. The van der Waals surface area contributed by atoms with Gasteiger partial charge in [0, 0.05) is 31.2 Å². The molecule has 0 aliphatic carbocycles. The predicted molar refractivity (Wildman–Crippen MR) is 104 cm³/mol. The molecule has 0 saturated heterocycles. The van der Waals surface area contributed by atoms with Gasteiger partial charge in [-0.3, -0.25) is 4.99 Å². The number of hydrogen-bond donors (Lipinski definition) is 2. The summed E-state index contributed by atoms with van der Waals surface area (Å²) in [5, 5.41) is 10.1. The Kier molecular flexibility index (Phi) is 12.0. The number of nitrogens with one attached hydrogen (secondary N) is 2. The molecule has 21 heavy (non-hydrogen) atoms. The standard InChI is InChI=1S/C15H28N4S.HI/c1-12(2)8-10-18-15(16-4)17-9-6-5-7-14-19-13(3)11-20-14;/h11-12H,5-10H2,1-4H3,(H2,16,17,18);1H. The van der Waals surface area contributed by atoms with E-state index in [1.54, 1.807) is 11.3 Å². The summed E-state index contributed by atoms with van der Waals surface area (Å²) in [6.07, 6.45) is 4.57. The molecule has 1 rings (SSSR count). The molecule has 1 aromatic rings. The summed E-state index contributed by atoms with van der Waals surface area (Å²) < 4.78 is 0. The lowest BCUT2D eigenvalue weighted by atomic mass is 10.1. The molecule has 4 nitrogen and oxygen atoms in total. The maximum atomic E-state index is 4.48. The van der Waals surface area contributed by atoms with Gasteiger partial charge in [0.15, 0.2) is 5.96 Å². The van der Waals surface area contributed by atoms with Crippen LogP contribution in [0.1, 0.15) is 43.8 Å². The Balaban J connectivity index is 0.00000400. The van der Waals surface area contributed by atoms with Crippen molar-refractivity contribution >= 4 is 41.3 Å². The third-order valence-electron chi connectivity index (χ3n) is 3.01. The molecule has 122 valence electrons.